The highest BCUT2D eigenvalue weighted by atomic mass is 16.3. The Labute approximate surface area is 110 Å². The number of nitrogens with one attached hydrogen (secondary N) is 1. The molecule has 1 aliphatic heterocycles. The number of aromatic nitrogens is 3. The van der Waals surface area contributed by atoms with Crippen LogP contribution in [0.2, 0.25) is 0 Å². The van der Waals surface area contributed by atoms with Crippen LogP contribution in [0.5, 0.6) is 0 Å². The molecule has 0 radical (unpaired) electrons. The second-order valence-electron chi connectivity index (χ2n) is 5.05. The van der Waals surface area contributed by atoms with Gasteiger partial charge in [-0.05, 0) is 30.5 Å². The quantitative estimate of drug-likeness (QED) is 0.736. The summed E-state index contributed by atoms with van der Waals surface area (Å²) in [5, 5.41) is 11.6. The number of benzene rings is 1. The number of H-pyrrole nitrogens is 1. The van der Waals surface area contributed by atoms with E-state index >= 15 is 0 Å². The zero-order chi connectivity index (χ0) is 12.8. The summed E-state index contributed by atoms with van der Waals surface area (Å²) < 4.78 is 2.35. The SMILES string of the molecule is OC(c1ncc[nH]1)c1cccc2c1cc1n2CCC1. The fourth-order valence-corrected chi connectivity index (χ4v) is 3.06. The van der Waals surface area contributed by atoms with E-state index in [1.54, 1.807) is 12.4 Å². The molecule has 96 valence electrons. The van der Waals surface area contributed by atoms with Gasteiger partial charge in [-0.15, -0.1) is 0 Å². The topological polar surface area (TPSA) is 53.8 Å². The van der Waals surface area contributed by atoms with Gasteiger partial charge in [0.1, 0.15) is 11.9 Å². The van der Waals surface area contributed by atoms with Crippen molar-refractivity contribution in [2.45, 2.75) is 25.5 Å². The Morgan fingerprint density at radius 3 is 3.16 bits per heavy atom. The molecule has 3 aromatic rings. The molecular weight excluding hydrogens is 238 g/mol. The van der Waals surface area contributed by atoms with E-state index in [9.17, 15) is 5.11 Å². The molecule has 2 N–H and O–H groups in total. The van der Waals surface area contributed by atoms with Gasteiger partial charge in [-0.3, -0.25) is 0 Å². The maximum absolute atomic E-state index is 10.5. The average Bonchev–Trinajstić information content (AvgIpc) is 3.13. The van der Waals surface area contributed by atoms with Gasteiger partial charge in [-0.1, -0.05) is 12.1 Å². The maximum atomic E-state index is 10.5. The van der Waals surface area contributed by atoms with Crippen LogP contribution in [0.3, 0.4) is 0 Å². The standard InChI is InChI=1S/C15H15N3O/c19-14(15-16-6-7-17-15)11-4-1-5-13-12(11)9-10-3-2-8-18(10)13/h1,4-7,9,14,19H,2-3,8H2,(H,16,17). The molecule has 1 aromatic carbocycles. The molecule has 0 fully saturated rings. The fraction of sp³-hybridized carbons (Fsp3) is 0.267. The minimum atomic E-state index is -0.693. The van der Waals surface area contributed by atoms with Crippen molar-refractivity contribution in [2.24, 2.45) is 0 Å². The van der Waals surface area contributed by atoms with E-state index in [1.165, 1.54) is 17.6 Å². The van der Waals surface area contributed by atoms with Crippen molar-refractivity contribution in [1.82, 2.24) is 14.5 Å². The molecule has 2 aromatic heterocycles. The number of aryl methyl sites for hydroxylation is 2. The normalized spacial score (nSPS) is 15.8. The van der Waals surface area contributed by atoms with Crippen molar-refractivity contribution >= 4 is 10.9 Å². The van der Waals surface area contributed by atoms with Gasteiger partial charge in [0.05, 0.1) is 0 Å². The third kappa shape index (κ3) is 1.53. The van der Waals surface area contributed by atoms with Gasteiger partial charge in [0, 0.05) is 35.5 Å². The molecular formula is C15H15N3O. The number of hydrogen-bond donors (Lipinski definition) is 2. The zero-order valence-electron chi connectivity index (χ0n) is 10.5. The van der Waals surface area contributed by atoms with Crippen LogP contribution in [-0.4, -0.2) is 19.6 Å². The van der Waals surface area contributed by atoms with E-state index in [1.807, 2.05) is 12.1 Å². The molecule has 0 saturated heterocycles. The minimum absolute atomic E-state index is 0.596. The molecule has 0 bridgehead atoms. The predicted molar refractivity (Wildman–Crippen MR) is 72.9 cm³/mol. The van der Waals surface area contributed by atoms with Crippen LogP contribution < -0.4 is 0 Å². The number of hydrogen-bond acceptors (Lipinski definition) is 2. The molecule has 0 spiro atoms. The molecule has 4 nitrogen and oxygen atoms in total. The molecule has 19 heavy (non-hydrogen) atoms. The number of rotatable bonds is 2. The lowest BCUT2D eigenvalue weighted by atomic mass is 10.0. The number of aliphatic hydroxyl groups is 1. The van der Waals surface area contributed by atoms with Crippen LogP contribution in [0.1, 0.15) is 29.6 Å². The summed E-state index contributed by atoms with van der Waals surface area (Å²) in [5.74, 6) is 0.596. The molecule has 0 saturated carbocycles. The first kappa shape index (κ1) is 10.8. The maximum Gasteiger partial charge on any atom is 0.139 e. The van der Waals surface area contributed by atoms with Crippen LogP contribution in [0.15, 0.2) is 36.7 Å². The van der Waals surface area contributed by atoms with Crippen LogP contribution in [0.25, 0.3) is 10.9 Å². The van der Waals surface area contributed by atoms with E-state index in [4.69, 9.17) is 0 Å². The van der Waals surface area contributed by atoms with Gasteiger partial charge in [0.2, 0.25) is 0 Å². The van der Waals surface area contributed by atoms with E-state index in [0.29, 0.717) is 5.82 Å². The van der Waals surface area contributed by atoms with E-state index in [-0.39, 0.29) is 0 Å². The summed E-state index contributed by atoms with van der Waals surface area (Å²) in [4.78, 5) is 7.13. The minimum Gasteiger partial charge on any atom is -0.380 e. The highest BCUT2D eigenvalue weighted by molar-refractivity contribution is 5.85. The Balaban J connectivity index is 1.91. The fourth-order valence-electron chi connectivity index (χ4n) is 3.06. The molecule has 4 rings (SSSR count). The summed E-state index contributed by atoms with van der Waals surface area (Å²) in [7, 11) is 0. The van der Waals surface area contributed by atoms with Crippen LogP contribution >= 0.6 is 0 Å². The number of fused-ring (bicyclic) bond motifs is 3. The lowest BCUT2D eigenvalue weighted by Gasteiger charge is -2.10. The molecule has 4 heteroatoms. The molecule has 0 aliphatic carbocycles. The number of imidazole rings is 1. The van der Waals surface area contributed by atoms with E-state index in [2.05, 4.69) is 26.7 Å². The predicted octanol–water partition coefficient (Wildman–Crippen LogP) is 2.39. The van der Waals surface area contributed by atoms with Gasteiger partial charge in [0.25, 0.3) is 0 Å². The lowest BCUT2D eigenvalue weighted by molar-refractivity contribution is 0.212. The van der Waals surface area contributed by atoms with Gasteiger partial charge >= 0.3 is 0 Å². The second-order valence-corrected chi connectivity index (χ2v) is 5.05. The first-order chi connectivity index (χ1) is 9.34. The zero-order valence-corrected chi connectivity index (χ0v) is 10.5. The Morgan fingerprint density at radius 2 is 2.32 bits per heavy atom. The third-order valence-electron chi connectivity index (χ3n) is 3.95. The molecule has 0 amide bonds. The van der Waals surface area contributed by atoms with Crippen molar-refractivity contribution < 1.29 is 5.11 Å². The lowest BCUT2D eigenvalue weighted by Crippen LogP contribution is -2.02. The molecule has 1 aliphatic rings. The second kappa shape index (κ2) is 3.96. The Kier molecular flexibility index (Phi) is 2.26. The Morgan fingerprint density at radius 1 is 1.37 bits per heavy atom. The van der Waals surface area contributed by atoms with Crippen LogP contribution in [0.4, 0.5) is 0 Å². The molecule has 1 atom stereocenters. The Bertz CT molecular complexity index is 727. The highest BCUT2D eigenvalue weighted by Crippen LogP contribution is 2.32. The Hall–Kier alpha value is -2.07. The number of aromatic amines is 1. The van der Waals surface area contributed by atoms with E-state index in [0.717, 1.165) is 23.9 Å². The van der Waals surface area contributed by atoms with Gasteiger partial charge in [0.15, 0.2) is 0 Å². The van der Waals surface area contributed by atoms with Gasteiger partial charge in [-0.2, -0.15) is 0 Å². The monoisotopic (exact) mass is 253 g/mol. The summed E-state index contributed by atoms with van der Waals surface area (Å²) in [6, 6.07) is 8.33. The first-order valence-electron chi connectivity index (χ1n) is 6.63. The summed E-state index contributed by atoms with van der Waals surface area (Å²) in [5.41, 5.74) is 3.51. The third-order valence-corrected chi connectivity index (χ3v) is 3.95. The van der Waals surface area contributed by atoms with Crippen LogP contribution in [0, 0.1) is 0 Å². The number of nitrogens with zero attached hydrogens (tertiary/aromatic N) is 2. The smallest absolute Gasteiger partial charge is 0.139 e. The van der Waals surface area contributed by atoms with E-state index < -0.39 is 6.10 Å². The van der Waals surface area contributed by atoms with Crippen molar-refractivity contribution in [3.63, 3.8) is 0 Å². The summed E-state index contributed by atoms with van der Waals surface area (Å²) in [6.07, 6.45) is 5.06. The molecule has 3 heterocycles. The highest BCUT2D eigenvalue weighted by Gasteiger charge is 2.20. The molecule has 1 unspecified atom stereocenters. The first-order valence-corrected chi connectivity index (χ1v) is 6.63. The largest absolute Gasteiger partial charge is 0.380 e. The average molecular weight is 253 g/mol. The van der Waals surface area contributed by atoms with Crippen molar-refractivity contribution in [3.8, 4) is 0 Å². The van der Waals surface area contributed by atoms with Crippen molar-refractivity contribution in [3.05, 3.63) is 53.7 Å². The van der Waals surface area contributed by atoms with Crippen LogP contribution in [-0.2, 0) is 13.0 Å². The number of aliphatic hydroxyl groups excluding tert-OH is 1. The summed E-state index contributed by atoms with van der Waals surface area (Å²) >= 11 is 0. The summed E-state index contributed by atoms with van der Waals surface area (Å²) in [6.45, 7) is 1.08. The van der Waals surface area contributed by atoms with Crippen molar-refractivity contribution in [1.29, 1.82) is 0 Å². The van der Waals surface area contributed by atoms with Gasteiger partial charge in [-0.25, -0.2) is 4.98 Å². The van der Waals surface area contributed by atoms with Crippen molar-refractivity contribution in [2.75, 3.05) is 0 Å². The van der Waals surface area contributed by atoms with Gasteiger partial charge < -0.3 is 14.7 Å².